The second-order valence-corrected chi connectivity index (χ2v) is 3.11. The quantitative estimate of drug-likeness (QED) is 0.444. The molecule has 0 aliphatic rings. The van der Waals surface area contributed by atoms with E-state index in [2.05, 4.69) is 9.47 Å². The Morgan fingerprint density at radius 1 is 0.882 bits per heavy atom. The number of aliphatic hydroxyl groups excluding tert-OH is 2. The van der Waals surface area contributed by atoms with E-state index in [4.69, 9.17) is 10.2 Å². The highest BCUT2D eigenvalue weighted by Gasteiger charge is 2.22. The Morgan fingerprint density at radius 2 is 1.18 bits per heavy atom. The van der Waals surface area contributed by atoms with Gasteiger partial charge in [0.05, 0.1) is 0 Å². The van der Waals surface area contributed by atoms with Crippen LogP contribution in [0.2, 0.25) is 0 Å². The lowest BCUT2D eigenvalue weighted by Crippen LogP contribution is -2.27. The van der Waals surface area contributed by atoms with Gasteiger partial charge in [0.25, 0.3) is 0 Å². The SMILES string of the molecule is CC(O)C(=O)OC(=O)CC(=O)OC(=O)C(C)O. The van der Waals surface area contributed by atoms with Crippen molar-refractivity contribution in [1.82, 2.24) is 0 Å². The molecular weight excluding hydrogens is 236 g/mol. The summed E-state index contributed by atoms with van der Waals surface area (Å²) in [5, 5.41) is 17.4. The normalized spacial score (nSPS) is 13.4. The number of esters is 4. The molecule has 0 heterocycles. The van der Waals surface area contributed by atoms with Gasteiger partial charge in [-0.05, 0) is 13.8 Å². The zero-order chi connectivity index (χ0) is 13.6. The Kier molecular flexibility index (Phi) is 6.00. The Bertz CT molecular complexity index is 298. The number of rotatable bonds is 4. The average Bonchev–Trinajstić information content (AvgIpc) is 2.16. The molecule has 0 radical (unpaired) electrons. The van der Waals surface area contributed by atoms with Crippen molar-refractivity contribution in [2.45, 2.75) is 32.5 Å². The summed E-state index contributed by atoms with van der Waals surface area (Å²) in [6.07, 6.45) is -3.99. The van der Waals surface area contributed by atoms with E-state index in [0.717, 1.165) is 13.8 Å². The van der Waals surface area contributed by atoms with E-state index >= 15 is 0 Å². The number of aliphatic hydroxyl groups is 2. The van der Waals surface area contributed by atoms with Gasteiger partial charge in [0, 0.05) is 0 Å². The fraction of sp³-hybridized carbons (Fsp3) is 0.556. The summed E-state index contributed by atoms with van der Waals surface area (Å²) < 4.78 is 8.04. The van der Waals surface area contributed by atoms with Crippen LogP contribution in [0.25, 0.3) is 0 Å². The molecule has 0 amide bonds. The third-order valence-electron chi connectivity index (χ3n) is 1.40. The second-order valence-electron chi connectivity index (χ2n) is 3.11. The maximum atomic E-state index is 10.9. The molecule has 2 atom stereocenters. The Labute approximate surface area is 96.1 Å². The molecular formula is C9H12O8. The summed E-state index contributed by atoms with van der Waals surface area (Å²) in [5.41, 5.74) is 0. The number of hydrogen-bond acceptors (Lipinski definition) is 8. The van der Waals surface area contributed by atoms with Gasteiger partial charge in [0.2, 0.25) is 0 Å². The lowest BCUT2D eigenvalue weighted by atomic mass is 10.4. The molecule has 8 heteroatoms. The van der Waals surface area contributed by atoms with Crippen molar-refractivity contribution in [2.75, 3.05) is 0 Å². The van der Waals surface area contributed by atoms with Crippen LogP contribution >= 0.6 is 0 Å². The first-order chi connectivity index (χ1) is 7.73. The predicted molar refractivity (Wildman–Crippen MR) is 50.2 cm³/mol. The van der Waals surface area contributed by atoms with Gasteiger partial charge < -0.3 is 19.7 Å². The smallest absolute Gasteiger partial charge is 0.342 e. The van der Waals surface area contributed by atoms with Crippen molar-refractivity contribution < 1.29 is 38.9 Å². The predicted octanol–water partition coefficient (Wildman–Crippen LogP) is -1.72. The second kappa shape index (κ2) is 6.71. The molecule has 0 saturated carbocycles. The molecule has 0 aromatic carbocycles. The molecule has 0 bridgehead atoms. The highest BCUT2D eigenvalue weighted by Crippen LogP contribution is 1.96. The van der Waals surface area contributed by atoms with E-state index in [1.54, 1.807) is 0 Å². The zero-order valence-corrected chi connectivity index (χ0v) is 9.21. The summed E-state index contributed by atoms with van der Waals surface area (Å²) in [5.74, 6) is -4.96. The van der Waals surface area contributed by atoms with Gasteiger partial charge in [0.15, 0.2) is 0 Å². The van der Waals surface area contributed by atoms with Crippen molar-refractivity contribution in [3.8, 4) is 0 Å². The third kappa shape index (κ3) is 6.38. The summed E-state index contributed by atoms with van der Waals surface area (Å²) in [6.45, 7) is 2.15. The van der Waals surface area contributed by atoms with Crippen molar-refractivity contribution in [2.24, 2.45) is 0 Å². The minimum atomic E-state index is -1.51. The maximum Gasteiger partial charge on any atom is 0.342 e. The van der Waals surface area contributed by atoms with E-state index in [-0.39, 0.29) is 0 Å². The van der Waals surface area contributed by atoms with Gasteiger partial charge in [-0.3, -0.25) is 9.59 Å². The molecule has 0 saturated heterocycles. The van der Waals surface area contributed by atoms with Crippen molar-refractivity contribution in [3.05, 3.63) is 0 Å². The molecule has 0 aromatic rings. The molecule has 2 unspecified atom stereocenters. The van der Waals surface area contributed by atoms with Crippen LogP contribution in [0.3, 0.4) is 0 Å². The molecule has 0 aromatic heterocycles. The minimum absolute atomic E-state index is 0.975. The van der Waals surface area contributed by atoms with Crippen molar-refractivity contribution in [3.63, 3.8) is 0 Å². The minimum Gasteiger partial charge on any atom is -0.391 e. The summed E-state index contributed by atoms with van der Waals surface area (Å²) in [7, 11) is 0. The van der Waals surface area contributed by atoms with Gasteiger partial charge in [-0.1, -0.05) is 0 Å². The number of carbonyl (C=O) groups is 4. The summed E-state index contributed by atoms with van der Waals surface area (Å²) >= 11 is 0. The van der Waals surface area contributed by atoms with E-state index in [1.807, 2.05) is 0 Å². The summed E-state index contributed by atoms with van der Waals surface area (Å²) in [6, 6.07) is 0. The van der Waals surface area contributed by atoms with Gasteiger partial charge in [-0.15, -0.1) is 0 Å². The molecule has 0 aliphatic carbocycles. The first-order valence-corrected chi connectivity index (χ1v) is 4.59. The Morgan fingerprint density at radius 3 is 1.41 bits per heavy atom. The van der Waals surface area contributed by atoms with Crippen LogP contribution in [-0.2, 0) is 28.7 Å². The Hall–Kier alpha value is -1.80. The maximum absolute atomic E-state index is 10.9. The van der Waals surface area contributed by atoms with E-state index < -0.39 is 42.5 Å². The van der Waals surface area contributed by atoms with Crippen LogP contribution in [0.15, 0.2) is 0 Å². The Balaban J connectivity index is 4.09. The first kappa shape index (κ1) is 15.2. The van der Waals surface area contributed by atoms with E-state index in [0.29, 0.717) is 0 Å². The van der Waals surface area contributed by atoms with Crippen LogP contribution in [0.5, 0.6) is 0 Å². The number of ether oxygens (including phenoxy) is 2. The zero-order valence-electron chi connectivity index (χ0n) is 9.21. The van der Waals surface area contributed by atoms with Gasteiger partial charge in [-0.2, -0.15) is 0 Å². The fourth-order valence-corrected chi connectivity index (χ4v) is 0.585. The van der Waals surface area contributed by atoms with Crippen LogP contribution in [0, 0.1) is 0 Å². The molecule has 0 fully saturated rings. The van der Waals surface area contributed by atoms with Crippen molar-refractivity contribution in [1.29, 1.82) is 0 Å². The molecule has 0 spiro atoms. The monoisotopic (exact) mass is 248 g/mol. The average molecular weight is 248 g/mol. The summed E-state index contributed by atoms with van der Waals surface area (Å²) in [4.78, 5) is 43.2. The molecule has 0 aliphatic heterocycles. The number of hydrogen-bond donors (Lipinski definition) is 2. The molecule has 2 N–H and O–H groups in total. The van der Waals surface area contributed by atoms with E-state index in [1.165, 1.54) is 0 Å². The fourth-order valence-electron chi connectivity index (χ4n) is 0.585. The van der Waals surface area contributed by atoms with Crippen LogP contribution in [0.4, 0.5) is 0 Å². The van der Waals surface area contributed by atoms with Crippen molar-refractivity contribution >= 4 is 23.9 Å². The molecule has 17 heavy (non-hydrogen) atoms. The first-order valence-electron chi connectivity index (χ1n) is 4.59. The largest absolute Gasteiger partial charge is 0.391 e. The lowest BCUT2D eigenvalue weighted by Gasteiger charge is -2.05. The third-order valence-corrected chi connectivity index (χ3v) is 1.40. The molecule has 0 rings (SSSR count). The highest BCUT2D eigenvalue weighted by molar-refractivity contribution is 6.00. The molecule has 96 valence electrons. The lowest BCUT2D eigenvalue weighted by molar-refractivity contribution is -0.170. The van der Waals surface area contributed by atoms with Gasteiger partial charge in [0.1, 0.15) is 18.6 Å². The topological polar surface area (TPSA) is 127 Å². The van der Waals surface area contributed by atoms with Crippen LogP contribution < -0.4 is 0 Å². The molecule has 8 nitrogen and oxygen atoms in total. The highest BCUT2D eigenvalue weighted by atomic mass is 16.6. The van der Waals surface area contributed by atoms with Crippen LogP contribution in [-0.4, -0.2) is 46.3 Å². The number of carbonyl (C=O) groups excluding carboxylic acids is 4. The van der Waals surface area contributed by atoms with E-state index in [9.17, 15) is 19.2 Å². The van der Waals surface area contributed by atoms with Crippen LogP contribution in [0.1, 0.15) is 20.3 Å². The van der Waals surface area contributed by atoms with Gasteiger partial charge in [-0.25, -0.2) is 9.59 Å². The standard InChI is InChI=1S/C9H12O8/c1-4(10)8(14)16-6(12)3-7(13)17-9(15)5(2)11/h4-5,10-11H,3H2,1-2H3. The van der Waals surface area contributed by atoms with Gasteiger partial charge >= 0.3 is 23.9 Å².